The van der Waals surface area contributed by atoms with Crippen LogP contribution in [-0.2, 0) is 4.79 Å². The Labute approximate surface area is 212 Å². The molecule has 0 atom stereocenters. The van der Waals surface area contributed by atoms with Crippen LogP contribution >= 0.6 is 0 Å². The lowest BCUT2D eigenvalue weighted by atomic mass is 9.87. The molecule has 0 aliphatic carbocycles. The Bertz CT molecular complexity index is 1200. The summed E-state index contributed by atoms with van der Waals surface area (Å²) in [6, 6.07) is 21.1. The second-order valence-corrected chi connectivity index (χ2v) is 9.49. The largest absolute Gasteiger partial charge is 0.493 e. The zero-order valence-corrected chi connectivity index (χ0v) is 21.3. The van der Waals surface area contributed by atoms with Gasteiger partial charge in [0.1, 0.15) is 11.5 Å². The van der Waals surface area contributed by atoms with E-state index in [1.54, 1.807) is 48.5 Å². The molecule has 6 heteroatoms. The van der Waals surface area contributed by atoms with E-state index >= 15 is 0 Å². The molecule has 0 radical (unpaired) electrons. The topological polar surface area (TPSA) is 81.7 Å². The van der Waals surface area contributed by atoms with Crippen LogP contribution in [0.25, 0.3) is 0 Å². The Hall–Kier alpha value is -3.93. The highest BCUT2D eigenvalue weighted by atomic mass is 16.5. The predicted molar refractivity (Wildman–Crippen MR) is 140 cm³/mol. The predicted octanol–water partition coefficient (Wildman–Crippen LogP) is 5.71. The molecule has 6 nitrogen and oxygen atoms in total. The first-order valence-corrected chi connectivity index (χ1v) is 12.0. The Kier molecular flexibility index (Phi) is 9.01. The first kappa shape index (κ1) is 26.7. The molecule has 1 N–H and O–H groups in total. The van der Waals surface area contributed by atoms with Crippen molar-refractivity contribution in [2.24, 2.45) is 5.41 Å². The monoisotopic (exact) mass is 487 g/mol. The molecule has 36 heavy (non-hydrogen) atoms. The van der Waals surface area contributed by atoms with Crippen molar-refractivity contribution in [2.75, 3.05) is 13.2 Å². The minimum atomic E-state index is -0.638. The second kappa shape index (κ2) is 12.2. The maximum absolute atomic E-state index is 12.7. The molecule has 3 rings (SSSR count). The van der Waals surface area contributed by atoms with Gasteiger partial charge in [-0.3, -0.25) is 9.59 Å². The number of carbonyl (C=O) groups is 3. The van der Waals surface area contributed by atoms with E-state index in [1.807, 2.05) is 52.0 Å². The average molecular weight is 488 g/mol. The Morgan fingerprint density at radius 2 is 1.56 bits per heavy atom. The van der Waals surface area contributed by atoms with E-state index in [4.69, 9.17) is 9.47 Å². The molecule has 3 aromatic carbocycles. The summed E-state index contributed by atoms with van der Waals surface area (Å²) in [5, 5.41) is 2.75. The minimum absolute atomic E-state index is 0.107. The van der Waals surface area contributed by atoms with Crippen molar-refractivity contribution >= 4 is 17.7 Å². The van der Waals surface area contributed by atoms with Gasteiger partial charge in [0, 0.05) is 11.0 Å². The summed E-state index contributed by atoms with van der Waals surface area (Å²) in [5.74, 6) is 0.329. The molecule has 0 bridgehead atoms. The highest BCUT2D eigenvalue weighted by molar-refractivity contribution is 6.00. The molecule has 0 heterocycles. The van der Waals surface area contributed by atoms with Gasteiger partial charge in [0.25, 0.3) is 0 Å². The van der Waals surface area contributed by atoms with Gasteiger partial charge in [0.2, 0.25) is 5.91 Å². The molecule has 0 saturated carbocycles. The fourth-order valence-electron chi connectivity index (χ4n) is 3.62. The van der Waals surface area contributed by atoms with E-state index in [2.05, 4.69) is 5.32 Å². The quantitative estimate of drug-likeness (QED) is 0.162. The van der Waals surface area contributed by atoms with E-state index in [-0.39, 0.29) is 18.2 Å². The number of aryl methyl sites for hydroxylation is 2. The third-order valence-corrected chi connectivity index (χ3v) is 5.97. The molecule has 0 fully saturated rings. The van der Waals surface area contributed by atoms with Crippen LogP contribution in [0, 0.1) is 19.3 Å². The number of esters is 1. The van der Waals surface area contributed by atoms with Crippen LogP contribution in [0.1, 0.15) is 58.5 Å². The number of Topliss-reactive ketones (excluding diaryl/α,β-unsaturated/α-hetero) is 1. The number of amides is 1. The summed E-state index contributed by atoms with van der Waals surface area (Å²) in [7, 11) is 0. The van der Waals surface area contributed by atoms with Gasteiger partial charge in [0.05, 0.1) is 18.7 Å². The van der Waals surface area contributed by atoms with Crippen molar-refractivity contribution in [3.05, 3.63) is 95.1 Å². The maximum atomic E-state index is 12.7. The number of ether oxygens (including phenoxy) is 2. The fraction of sp³-hybridized carbons (Fsp3) is 0.300. The zero-order valence-electron chi connectivity index (χ0n) is 21.3. The number of rotatable bonds is 11. The summed E-state index contributed by atoms with van der Waals surface area (Å²) >= 11 is 0. The SMILES string of the molecule is Cc1ccc(C)c(OCCCC(C)(C)C(=O)NCC(=O)c2ccc(OC(=O)c3ccccc3)cc2)c1. The zero-order chi connectivity index (χ0) is 26.1. The second-order valence-electron chi connectivity index (χ2n) is 9.49. The van der Waals surface area contributed by atoms with Crippen LogP contribution in [0.5, 0.6) is 11.5 Å². The normalized spacial score (nSPS) is 11.0. The summed E-state index contributed by atoms with van der Waals surface area (Å²) < 4.78 is 11.2. The molecule has 0 spiro atoms. The van der Waals surface area contributed by atoms with Crippen molar-refractivity contribution in [3.63, 3.8) is 0 Å². The van der Waals surface area contributed by atoms with Crippen LogP contribution in [0.15, 0.2) is 72.8 Å². The molecule has 3 aromatic rings. The average Bonchev–Trinajstić information content (AvgIpc) is 2.87. The molecule has 0 aliphatic rings. The number of benzene rings is 3. The lowest BCUT2D eigenvalue weighted by Crippen LogP contribution is -2.39. The van der Waals surface area contributed by atoms with E-state index < -0.39 is 11.4 Å². The van der Waals surface area contributed by atoms with Crippen molar-refractivity contribution in [1.29, 1.82) is 0 Å². The molecule has 188 valence electrons. The molecular weight excluding hydrogens is 454 g/mol. The maximum Gasteiger partial charge on any atom is 0.343 e. The van der Waals surface area contributed by atoms with Crippen molar-refractivity contribution < 1.29 is 23.9 Å². The van der Waals surface area contributed by atoms with Crippen LogP contribution in [0.3, 0.4) is 0 Å². The summed E-state index contributed by atoms with van der Waals surface area (Å²) in [6.07, 6.45) is 1.34. The smallest absolute Gasteiger partial charge is 0.343 e. The highest BCUT2D eigenvalue weighted by Crippen LogP contribution is 2.24. The van der Waals surface area contributed by atoms with Gasteiger partial charge in [-0.1, -0.05) is 44.2 Å². The molecule has 0 unspecified atom stereocenters. The summed E-state index contributed by atoms with van der Waals surface area (Å²) in [4.78, 5) is 37.4. The Morgan fingerprint density at radius 1 is 0.861 bits per heavy atom. The number of hydrogen-bond donors (Lipinski definition) is 1. The van der Waals surface area contributed by atoms with Crippen LogP contribution in [0.4, 0.5) is 0 Å². The number of nitrogens with one attached hydrogen (secondary N) is 1. The summed E-state index contributed by atoms with van der Waals surface area (Å²) in [6.45, 7) is 8.16. The van der Waals surface area contributed by atoms with Gasteiger partial charge in [-0.2, -0.15) is 0 Å². The molecular formula is C30H33NO5. The number of ketones is 1. The number of carbonyl (C=O) groups excluding carboxylic acids is 3. The van der Waals surface area contributed by atoms with Gasteiger partial charge in [0.15, 0.2) is 5.78 Å². The number of hydrogen-bond acceptors (Lipinski definition) is 5. The van der Waals surface area contributed by atoms with E-state index in [1.165, 1.54) is 0 Å². The Morgan fingerprint density at radius 3 is 2.25 bits per heavy atom. The van der Waals surface area contributed by atoms with Crippen molar-refractivity contribution in [2.45, 2.75) is 40.5 Å². The molecule has 0 aliphatic heterocycles. The van der Waals surface area contributed by atoms with Gasteiger partial charge < -0.3 is 14.8 Å². The van der Waals surface area contributed by atoms with Crippen LogP contribution in [-0.4, -0.2) is 30.8 Å². The highest BCUT2D eigenvalue weighted by Gasteiger charge is 2.27. The standard InChI is InChI=1S/C30H33NO5/c1-21-11-12-22(2)27(19-21)35-18-8-17-30(3,4)29(34)31-20-26(32)23-13-15-25(16-14-23)36-28(33)24-9-6-5-7-10-24/h5-7,9-16,19H,8,17-18,20H2,1-4H3,(H,31,34). The van der Waals surface area contributed by atoms with Gasteiger partial charge >= 0.3 is 5.97 Å². The molecule has 1 amide bonds. The fourth-order valence-corrected chi connectivity index (χ4v) is 3.62. The minimum Gasteiger partial charge on any atom is -0.493 e. The van der Waals surface area contributed by atoms with E-state index in [0.717, 1.165) is 16.9 Å². The van der Waals surface area contributed by atoms with Crippen LogP contribution in [0.2, 0.25) is 0 Å². The van der Waals surface area contributed by atoms with Gasteiger partial charge in [-0.15, -0.1) is 0 Å². The van der Waals surface area contributed by atoms with E-state index in [9.17, 15) is 14.4 Å². The third-order valence-electron chi connectivity index (χ3n) is 5.97. The van der Waals surface area contributed by atoms with Crippen LogP contribution < -0.4 is 14.8 Å². The molecule has 0 aromatic heterocycles. The molecule has 0 saturated heterocycles. The first-order chi connectivity index (χ1) is 17.2. The third kappa shape index (κ3) is 7.54. The summed E-state index contributed by atoms with van der Waals surface area (Å²) in [5.41, 5.74) is 2.46. The lowest BCUT2D eigenvalue weighted by Gasteiger charge is -2.23. The van der Waals surface area contributed by atoms with Crippen molar-refractivity contribution in [3.8, 4) is 11.5 Å². The van der Waals surface area contributed by atoms with Gasteiger partial charge in [-0.05, 0) is 80.3 Å². The Balaban J connectivity index is 1.43. The van der Waals surface area contributed by atoms with Gasteiger partial charge in [-0.25, -0.2) is 4.79 Å². The first-order valence-electron chi connectivity index (χ1n) is 12.0. The van der Waals surface area contributed by atoms with Crippen molar-refractivity contribution in [1.82, 2.24) is 5.32 Å². The lowest BCUT2D eigenvalue weighted by molar-refractivity contribution is -0.129. The van der Waals surface area contributed by atoms with E-state index in [0.29, 0.717) is 36.3 Å².